The number of pyridine rings is 3. The van der Waals surface area contributed by atoms with Gasteiger partial charge in [-0.3, -0.25) is 34.3 Å². The van der Waals surface area contributed by atoms with Crippen LogP contribution < -0.4 is 30.1 Å². The summed E-state index contributed by atoms with van der Waals surface area (Å²) in [4.78, 5) is 76.1. The third-order valence-electron chi connectivity index (χ3n) is 15.4. The second kappa shape index (κ2) is 17.8. The number of rotatable bonds is 10. The van der Waals surface area contributed by atoms with E-state index in [0.717, 1.165) is 75.3 Å². The molecule has 3 atom stereocenters. The summed E-state index contributed by atoms with van der Waals surface area (Å²) in [5, 5.41) is 16.9. The second-order valence-corrected chi connectivity index (χ2v) is 20.6. The quantitative estimate of drug-likeness (QED) is 0.142. The molecule has 5 aromatic rings. The summed E-state index contributed by atoms with van der Waals surface area (Å²) in [6, 6.07) is 15.3. The summed E-state index contributed by atoms with van der Waals surface area (Å²) >= 11 is 0. The lowest BCUT2D eigenvalue weighted by atomic mass is 9.90. The van der Waals surface area contributed by atoms with Crippen molar-refractivity contribution in [2.24, 2.45) is 5.41 Å². The molecule has 0 saturated carbocycles. The van der Waals surface area contributed by atoms with E-state index in [1.54, 1.807) is 35.1 Å². The van der Waals surface area contributed by atoms with Crippen LogP contribution in [0.2, 0.25) is 0 Å². The number of hydrogen-bond donors (Lipinski definition) is 3. The Balaban J connectivity index is 0.743. The molecule has 0 bridgehead atoms. The lowest BCUT2D eigenvalue weighted by molar-refractivity contribution is -0.136. The molecular weight excluding hydrogens is 887 g/mol. The highest BCUT2D eigenvalue weighted by molar-refractivity contribution is 6.07. The maximum Gasteiger partial charge on any atom is 0.276 e. The molecule has 6 aliphatic rings. The molecule has 11 rings (SSSR count). The van der Waals surface area contributed by atoms with Crippen LogP contribution in [-0.4, -0.2) is 122 Å². The van der Waals surface area contributed by atoms with Crippen molar-refractivity contribution in [3.8, 4) is 17.0 Å². The first-order valence-electron chi connectivity index (χ1n) is 26.0. The number of piperidine rings is 2. The molecule has 4 amide bonds. The number of imide groups is 1. The summed E-state index contributed by atoms with van der Waals surface area (Å²) < 4.78 is 31.2. The molecule has 3 fully saturated rings. The van der Waals surface area contributed by atoms with Crippen molar-refractivity contribution in [2.75, 3.05) is 66.3 Å². The standard InChI is InChI=1S/C53H61N11O6/c1-31-29-60(36-13-16-59(17-14-36)37-6-8-40-35(22-37)30-64(51(40)68)42-9-11-46(66)58-49(42)67)18-19-61(31)38-7-10-45(55-28-38)57-41-23-34(27-56-50(41)70-5)39-12-15-54-48(47(39)32(2)65)63-21-20-62-43(52(63)69)24-33-25-53(3,4)26-44(33)62/h6-8,10,12,15,22-24,27-28,31-32,36,42,65H,9,11,13-14,16-21,25-26,29-30H2,1-5H3,(H,55,57)(H,58,66,67)/t31-,32-,42-/m0/s1/i5D3. The van der Waals surface area contributed by atoms with Crippen LogP contribution in [0.25, 0.3) is 11.1 Å². The average Bonchev–Trinajstić information content (AvgIpc) is 3.98. The number of ether oxygens (including phenoxy) is 1. The highest BCUT2D eigenvalue weighted by Gasteiger charge is 2.41. The van der Waals surface area contributed by atoms with E-state index >= 15 is 0 Å². The van der Waals surface area contributed by atoms with Gasteiger partial charge in [0.25, 0.3) is 11.8 Å². The molecule has 1 aromatic carbocycles. The van der Waals surface area contributed by atoms with Crippen LogP contribution in [0.4, 0.5) is 28.7 Å². The molecule has 1 aliphatic carbocycles. The van der Waals surface area contributed by atoms with Gasteiger partial charge in [-0.25, -0.2) is 15.0 Å². The van der Waals surface area contributed by atoms with Crippen LogP contribution >= 0.6 is 0 Å². The Hall–Kier alpha value is -6.85. The molecule has 17 heteroatoms. The fourth-order valence-corrected chi connectivity index (χ4v) is 11.9. The van der Waals surface area contributed by atoms with E-state index in [-0.39, 0.29) is 47.2 Å². The number of aliphatic hydroxyl groups is 1. The van der Waals surface area contributed by atoms with Gasteiger partial charge >= 0.3 is 0 Å². The Morgan fingerprint density at radius 3 is 2.44 bits per heavy atom. The lowest BCUT2D eigenvalue weighted by Gasteiger charge is -2.46. The van der Waals surface area contributed by atoms with E-state index in [1.165, 1.54) is 17.5 Å². The van der Waals surface area contributed by atoms with Gasteiger partial charge in [0, 0.05) is 111 Å². The van der Waals surface area contributed by atoms with Gasteiger partial charge < -0.3 is 34.4 Å². The highest BCUT2D eigenvalue weighted by Crippen LogP contribution is 2.42. The van der Waals surface area contributed by atoms with Gasteiger partial charge in [0.2, 0.25) is 17.7 Å². The SMILES string of the molecule is [2H]C([2H])([2H])Oc1ncc(-c2ccnc(N3CCn4c(cc5c4CC(C)(C)C5)C3=O)c2[C@H](C)O)cc1Nc1ccc(N2CCN(C3CCN(c4ccc5c(c4)CN([C@H]4CCC(=O)NC4=O)C5=O)CC3)C[C@@H]2C)cn1. The van der Waals surface area contributed by atoms with Crippen molar-refractivity contribution in [3.63, 3.8) is 0 Å². The lowest BCUT2D eigenvalue weighted by Crippen LogP contribution is -2.57. The predicted molar refractivity (Wildman–Crippen MR) is 266 cm³/mol. The first-order chi connectivity index (χ1) is 34.9. The van der Waals surface area contributed by atoms with Crippen LogP contribution in [-0.2, 0) is 35.5 Å². The third kappa shape index (κ3) is 8.21. The Bertz CT molecular complexity index is 3020. The molecule has 70 heavy (non-hydrogen) atoms. The smallest absolute Gasteiger partial charge is 0.276 e. The van der Waals surface area contributed by atoms with Crippen molar-refractivity contribution in [2.45, 2.75) is 104 Å². The minimum atomic E-state index is -2.79. The number of fused-ring (bicyclic) bond motifs is 4. The number of piperazine rings is 1. The Kier molecular flexibility index (Phi) is 10.7. The Morgan fingerprint density at radius 2 is 1.69 bits per heavy atom. The predicted octanol–water partition coefficient (Wildman–Crippen LogP) is 5.87. The van der Waals surface area contributed by atoms with Crippen LogP contribution in [0.5, 0.6) is 5.88 Å². The summed E-state index contributed by atoms with van der Waals surface area (Å²) in [7, 11) is -2.79. The minimum Gasteiger partial charge on any atom is -0.480 e. The fourth-order valence-electron chi connectivity index (χ4n) is 11.9. The number of carbonyl (C=O) groups excluding carboxylic acids is 4. The van der Waals surface area contributed by atoms with Crippen molar-refractivity contribution >= 4 is 52.3 Å². The number of carbonyl (C=O) groups is 4. The van der Waals surface area contributed by atoms with Gasteiger partial charge in [0.05, 0.1) is 29.1 Å². The molecule has 0 unspecified atom stereocenters. The van der Waals surface area contributed by atoms with E-state index in [4.69, 9.17) is 13.8 Å². The largest absolute Gasteiger partial charge is 0.480 e. The van der Waals surface area contributed by atoms with Crippen molar-refractivity contribution in [1.82, 2.24) is 34.6 Å². The van der Waals surface area contributed by atoms with Crippen molar-refractivity contribution in [1.29, 1.82) is 0 Å². The zero-order valence-electron chi connectivity index (χ0n) is 43.1. The second-order valence-electron chi connectivity index (χ2n) is 20.6. The number of methoxy groups -OCH3 is 1. The van der Waals surface area contributed by atoms with Gasteiger partial charge in [0.1, 0.15) is 29.1 Å². The minimum absolute atomic E-state index is 0.150. The number of nitrogens with one attached hydrogen (secondary N) is 2. The molecule has 3 N–H and O–H groups in total. The monoisotopic (exact) mass is 950 g/mol. The van der Waals surface area contributed by atoms with Crippen LogP contribution in [0, 0.1) is 5.41 Å². The molecule has 9 heterocycles. The van der Waals surface area contributed by atoms with Crippen LogP contribution in [0.1, 0.15) is 107 Å². The maximum absolute atomic E-state index is 14.2. The molecular formula is C53H61N11O6. The molecule has 3 saturated heterocycles. The molecule has 0 radical (unpaired) electrons. The van der Waals surface area contributed by atoms with Gasteiger partial charge in [0.15, 0.2) is 0 Å². The molecule has 4 aromatic heterocycles. The van der Waals surface area contributed by atoms with E-state index in [1.807, 2.05) is 36.5 Å². The average molecular weight is 951 g/mol. The van der Waals surface area contributed by atoms with Gasteiger partial charge in [-0.1, -0.05) is 13.8 Å². The maximum atomic E-state index is 14.2. The number of aliphatic hydroxyl groups excluding tert-OH is 1. The first kappa shape index (κ1) is 42.1. The number of nitrogens with zero attached hydrogens (tertiary/aromatic N) is 9. The summed E-state index contributed by atoms with van der Waals surface area (Å²) in [6.07, 6.45) is 8.30. The van der Waals surface area contributed by atoms with Crippen LogP contribution in [0.15, 0.2) is 67.1 Å². The van der Waals surface area contributed by atoms with E-state index < -0.39 is 25.1 Å². The zero-order chi connectivity index (χ0) is 51.1. The zero-order valence-corrected chi connectivity index (χ0v) is 40.1. The number of benzene rings is 1. The van der Waals surface area contributed by atoms with Gasteiger partial charge in [-0.05, 0) is 117 Å². The van der Waals surface area contributed by atoms with E-state index in [9.17, 15) is 24.3 Å². The molecule has 5 aliphatic heterocycles. The van der Waals surface area contributed by atoms with Crippen molar-refractivity contribution < 1.29 is 33.1 Å². The first-order valence-corrected chi connectivity index (χ1v) is 24.5. The third-order valence-corrected chi connectivity index (χ3v) is 15.4. The molecule has 364 valence electrons. The molecule has 17 nitrogen and oxygen atoms in total. The Labute approximate surface area is 412 Å². The summed E-state index contributed by atoms with van der Waals surface area (Å²) in [5.41, 5.74) is 8.60. The summed E-state index contributed by atoms with van der Waals surface area (Å²) in [6.45, 7) is 14.1. The number of aromatic nitrogens is 4. The molecule has 0 spiro atoms. The fraction of sp³-hybridized carbons (Fsp3) is 0.453. The van der Waals surface area contributed by atoms with Crippen LogP contribution in [0.3, 0.4) is 0 Å². The number of hydrogen-bond acceptors (Lipinski definition) is 13. The van der Waals surface area contributed by atoms with E-state index in [0.29, 0.717) is 71.7 Å². The number of amides is 4. The van der Waals surface area contributed by atoms with Crippen molar-refractivity contribution in [3.05, 3.63) is 101 Å². The Morgan fingerprint density at radius 1 is 0.857 bits per heavy atom. The summed E-state index contributed by atoms with van der Waals surface area (Å²) in [5.74, 6) is -0.385. The van der Waals surface area contributed by atoms with E-state index in [2.05, 4.69) is 66.7 Å². The topological polar surface area (TPSA) is 182 Å². The highest BCUT2D eigenvalue weighted by atomic mass is 16.5. The normalized spacial score (nSPS) is 22.8. The number of anilines is 5. The van der Waals surface area contributed by atoms with Gasteiger partial charge in [-0.15, -0.1) is 0 Å². The van der Waals surface area contributed by atoms with Gasteiger partial charge in [-0.2, -0.15) is 0 Å².